The van der Waals surface area contributed by atoms with Gasteiger partial charge < -0.3 is 20.1 Å². The number of hydrogen-bond donors (Lipinski definition) is 1. The Hall–Kier alpha value is -1.95. The first kappa shape index (κ1) is 18.4. The first-order valence-electron chi connectivity index (χ1n) is 8.11. The first-order valence-corrected chi connectivity index (χ1v) is 8.48. The van der Waals surface area contributed by atoms with Crippen LogP contribution in [-0.2, 0) is 4.79 Å². The molecule has 0 radical (unpaired) electrons. The Morgan fingerprint density at radius 1 is 1.17 bits per heavy atom. The van der Waals surface area contributed by atoms with Crippen LogP contribution in [0.2, 0.25) is 5.02 Å². The minimum atomic E-state index is -0.617. The Bertz CT molecular complexity index is 598. The van der Waals surface area contributed by atoms with Crippen molar-refractivity contribution in [2.24, 2.45) is 5.73 Å². The molecule has 0 aromatic heterocycles. The molecule has 1 aromatic rings. The molecule has 0 atom stereocenters. The number of nitrogens with two attached hydrogens (primary N) is 1. The van der Waals surface area contributed by atoms with Gasteiger partial charge in [-0.1, -0.05) is 30.9 Å². The Labute approximate surface area is 146 Å². The van der Waals surface area contributed by atoms with Crippen molar-refractivity contribution in [3.05, 3.63) is 22.7 Å². The zero-order chi connectivity index (χ0) is 17.5. The number of hydrogen-bond acceptors (Lipinski definition) is 4. The Kier molecular flexibility index (Phi) is 6.73. The second-order valence-corrected chi connectivity index (χ2v) is 6.21. The number of halogens is 1. The molecule has 0 aliphatic carbocycles. The highest BCUT2D eigenvalue weighted by molar-refractivity contribution is 6.32. The van der Waals surface area contributed by atoms with Gasteiger partial charge in [0.15, 0.2) is 18.1 Å². The molecule has 1 aliphatic rings. The van der Waals surface area contributed by atoms with Crippen LogP contribution in [0.5, 0.6) is 11.5 Å². The molecule has 0 unspecified atom stereocenters. The number of amides is 2. The van der Waals surface area contributed by atoms with Gasteiger partial charge in [0.1, 0.15) is 0 Å². The van der Waals surface area contributed by atoms with Gasteiger partial charge in [-0.15, -0.1) is 0 Å². The lowest BCUT2D eigenvalue weighted by Gasteiger charge is -2.25. The van der Waals surface area contributed by atoms with E-state index < -0.39 is 5.91 Å². The summed E-state index contributed by atoms with van der Waals surface area (Å²) in [6.45, 7) is 1.19. The maximum Gasteiger partial charge on any atom is 0.255 e. The number of benzene rings is 1. The van der Waals surface area contributed by atoms with Crippen molar-refractivity contribution < 1.29 is 19.1 Å². The van der Waals surface area contributed by atoms with Gasteiger partial charge in [0, 0.05) is 18.7 Å². The monoisotopic (exact) mass is 354 g/mol. The number of rotatable bonds is 5. The summed E-state index contributed by atoms with van der Waals surface area (Å²) in [5, 5.41) is 0.214. The minimum absolute atomic E-state index is 0.0708. The number of methoxy groups -OCH3 is 1. The zero-order valence-corrected chi connectivity index (χ0v) is 14.6. The summed E-state index contributed by atoms with van der Waals surface area (Å²) in [4.78, 5) is 25.5. The van der Waals surface area contributed by atoms with E-state index in [1.807, 2.05) is 4.90 Å². The lowest BCUT2D eigenvalue weighted by Crippen LogP contribution is -2.33. The maximum atomic E-state index is 12.8. The average Bonchev–Trinajstić information content (AvgIpc) is 2.52. The van der Waals surface area contributed by atoms with E-state index in [1.54, 1.807) is 12.1 Å². The highest BCUT2D eigenvalue weighted by Gasteiger charge is 2.21. The molecule has 2 rings (SSSR count). The highest BCUT2D eigenvalue weighted by Crippen LogP contribution is 2.36. The molecule has 7 heteroatoms. The molecule has 24 heavy (non-hydrogen) atoms. The molecule has 1 aromatic carbocycles. The molecule has 0 spiro atoms. The molecular formula is C17H23ClN2O4. The SMILES string of the molecule is COc1cc(C(=O)N2CCCCCCC2)cc(Cl)c1OCC(N)=O. The fraction of sp³-hybridized carbons (Fsp3) is 0.529. The molecule has 1 heterocycles. The normalized spacial score (nSPS) is 15.3. The summed E-state index contributed by atoms with van der Waals surface area (Å²) in [5.41, 5.74) is 5.52. The molecule has 0 bridgehead atoms. The van der Waals surface area contributed by atoms with Gasteiger partial charge in [0.25, 0.3) is 11.8 Å². The smallest absolute Gasteiger partial charge is 0.255 e. The molecule has 1 fully saturated rings. The van der Waals surface area contributed by atoms with Gasteiger partial charge in [0.05, 0.1) is 12.1 Å². The van der Waals surface area contributed by atoms with E-state index >= 15 is 0 Å². The largest absolute Gasteiger partial charge is 0.493 e. The van der Waals surface area contributed by atoms with E-state index in [-0.39, 0.29) is 23.3 Å². The van der Waals surface area contributed by atoms with E-state index in [0.29, 0.717) is 11.3 Å². The first-order chi connectivity index (χ1) is 11.5. The maximum absolute atomic E-state index is 12.8. The van der Waals surface area contributed by atoms with Crippen LogP contribution < -0.4 is 15.2 Å². The van der Waals surface area contributed by atoms with E-state index in [9.17, 15) is 9.59 Å². The standard InChI is InChI=1S/C17H23ClN2O4/c1-23-14-10-12(9-13(18)16(14)24-11-15(19)21)17(22)20-7-5-3-2-4-6-8-20/h9-10H,2-8,11H2,1H3,(H2,19,21). The third-order valence-electron chi connectivity index (χ3n) is 3.98. The lowest BCUT2D eigenvalue weighted by atomic mass is 10.1. The van der Waals surface area contributed by atoms with Crippen molar-refractivity contribution in [1.82, 2.24) is 4.90 Å². The van der Waals surface area contributed by atoms with Crippen molar-refractivity contribution in [1.29, 1.82) is 0 Å². The molecule has 132 valence electrons. The number of ether oxygens (including phenoxy) is 2. The molecule has 1 aliphatic heterocycles. The molecule has 2 amide bonds. The molecule has 2 N–H and O–H groups in total. The number of carbonyl (C=O) groups excluding carboxylic acids is 2. The van der Waals surface area contributed by atoms with Gasteiger partial charge >= 0.3 is 0 Å². The second kappa shape index (κ2) is 8.78. The summed E-state index contributed by atoms with van der Waals surface area (Å²) in [6.07, 6.45) is 5.54. The fourth-order valence-corrected chi connectivity index (χ4v) is 3.03. The third kappa shape index (κ3) is 4.77. The third-order valence-corrected chi connectivity index (χ3v) is 4.26. The van der Waals surface area contributed by atoms with Crippen molar-refractivity contribution in [3.63, 3.8) is 0 Å². The summed E-state index contributed by atoms with van der Waals surface area (Å²) >= 11 is 6.21. The second-order valence-electron chi connectivity index (χ2n) is 5.80. The molecular weight excluding hydrogens is 332 g/mol. The number of carbonyl (C=O) groups is 2. The van der Waals surface area contributed by atoms with Crippen molar-refractivity contribution in [2.45, 2.75) is 32.1 Å². The van der Waals surface area contributed by atoms with Crippen LogP contribution in [0.1, 0.15) is 42.5 Å². The quantitative estimate of drug-likeness (QED) is 0.881. The van der Waals surface area contributed by atoms with Crippen molar-refractivity contribution in [3.8, 4) is 11.5 Å². The summed E-state index contributed by atoms with van der Waals surface area (Å²) in [7, 11) is 1.45. The van der Waals surface area contributed by atoms with Crippen LogP contribution in [0.3, 0.4) is 0 Å². The van der Waals surface area contributed by atoms with E-state index in [1.165, 1.54) is 13.5 Å². The minimum Gasteiger partial charge on any atom is -0.493 e. The van der Waals surface area contributed by atoms with Crippen LogP contribution in [0.25, 0.3) is 0 Å². The van der Waals surface area contributed by atoms with Gasteiger partial charge in [-0.3, -0.25) is 9.59 Å². The Balaban J connectivity index is 2.21. The average molecular weight is 355 g/mol. The summed E-state index contributed by atoms with van der Waals surface area (Å²) in [6, 6.07) is 3.13. The lowest BCUT2D eigenvalue weighted by molar-refractivity contribution is -0.119. The van der Waals surface area contributed by atoms with Crippen LogP contribution in [-0.4, -0.2) is 43.5 Å². The Morgan fingerprint density at radius 2 is 1.79 bits per heavy atom. The van der Waals surface area contributed by atoms with Gasteiger partial charge in [0.2, 0.25) is 0 Å². The number of likely N-dealkylation sites (tertiary alicyclic amines) is 1. The highest BCUT2D eigenvalue weighted by atomic mass is 35.5. The predicted molar refractivity (Wildman–Crippen MR) is 91.7 cm³/mol. The predicted octanol–water partition coefficient (Wildman–Crippen LogP) is 2.62. The number of primary amides is 1. The summed E-state index contributed by atoms with van der Waals surface area (Å²) in [5.74, 6) is -0.172. The van der Waals surface area contributed by atoms with Gasteiger partial charge in [-0.05, 0) is 25.0 Å². The van der Waals surface area contributed by atoms with E-state index in [4.69, 9.17) is 26.8 Å². The van der Waals surface area contributed by atoms with Gasteiger partial charge in [-0.2, -0.15) is 0 Å². The molecule has 1 saturated heterocycles. The zero-order valence-electron chi connectivity index (χ0n) is 13.8. The van der Waals surface area contributed by atoms with E-state index in [2.05, 4.69) is 0 Å². The molecule has 0 saturated carbocycles. The van der Waals surface area contributed by atoms with Crippen LogP contribution in [0.15, 0.2) is 12.1 Å². The molecule has 6 nitrogen and oxygen atoms in total. The number of nitrogens with zero attached hydrogens (tertiary/aromatic N) is 1. The van der Waals surface area contributed by atoms with Crippen LogP contribution in [0.4, 0.5) is 0 Å². The van der Waals surface area contributed by atoms with Crippen LogP contribution >= 0.6 is 11.6 Å². The van der Waals surface area contributed by atoms with Crippen LogP contribution in [0, 0.1) is 0 Å². The van der Waals surface area contributed by atoms with Gasteiger partial charge in [-0.25, -0.2) is 0 Å². The topological polar surface area (TPSA) is 81.9 Å². The summed E-state index contributed by atoms with van der Waals surface area (Å²) < 4.78 is 10.5. The van der Waals surface area contributed by atoms with Crippen molar-refractivity contribution >= 4 is 23.4 Å². The fourth-order valence-electron chi connectivity index (χ4n) is 2.76. The van der Waals surface area contributed by atoms with E-state index in [0.717, 1.165) is 38.8 Å². The van der Waals surface area contributed by atoms with Crippen molar-refractivity contribution in [2.75, 3.05) is 26.8 Å². The Morgan fingerprint density at radius 3 is 2.38 bits per heavy atom.